The lowest BCUT2D eigenvalue weighted by Gasteiger charge is -2.18. The highest BCUT2D eigenvalue weighted by atomic mass is 32.1. The summed E-state index contributed by atoms with van der Waals surface area (Å²) in [5, 5.41) is 2.47. The molecule has 3 rings (SSSR count). The van der Waals surface area contributed by atoms with E-state index < -0.39 is 5.82 Å². The zero-order valence-electron chi connectivity index (χ0n) is 12.6. The molecule has 0 radical (unpaired) electrons. The van der Waals surface area contributed by atoms with E-state index >= 15 is 0 Å². The van der Waals surface area contributed by atoms with E-state index in [1.54, 1.807) is 12.1 Å². The van der Waals surface area contributed by atoms with Gasteiger partial charge in [0.05, 0.1) is 11.3 Å². The average molecular weight is 326 g/mol. The first-order chi connectivity index (χ1) is 11.2. The van der Waals surface area contributed by atoms with Crippen LogP contribution in [0.1, 0.15) is 17.3 Å². The maximum atomic E-state index is 13.9. The molecule has 0 aliphatic carbocycles. The van der Waals surface area contributed by atoms with Gasteiger partial charge in [-0.2, -0.15) is 0 Å². The number of carbonyl (C=O) groups excluding carboxylic acids is 1. The number of halogens is 1. The lowest BCUT2D eigenvalue weighted by molar-refractivity contribution is 0.0984. The predicted molar refractivity (Wildman–Crippen MR) is 91.3 cm³/mol. The van der Waals surface area contributed by atoms with Crippen LogP contribution in [-0.2, 0) is 0 Å². The largest absolute Gasteiger partial charge is 0.284 e. The number of aromatic nitrogens is 1. The molecule has 0 saturated carbocycles. The Balaban J connectivity index is 1.92. The van der Waals surface area contributed by atoms with Crippen molar-refractivity contribution in [1.82, 2.24) is 4.98 Å². The lowest BCUT2D eigenvalue weighted by Crippen LogP contribution is -2.31. The van der Waals surface area contributed by atoms with Crippen molar-refractivity contribution in [1.29, 1.82) is 0 Å². The minimum Gasteiger partial charge on any atom is -0.284 e. The summed E-state index contributed by atoms with van der Waals surface area (Å²) in [6, 6.07) is 15.8. The number of carbonyl (C=O) groups is 1. The van der Waals surface area contributed by atoms with Crippen LogP contribution in [0.4, 0.5) is 9.52 Å². The zero-order chi connectivity index (χ0) is 16.2. The van der Waals surface area contributed by atoms with Gasteiger partial charge in [0, 0.05) is 17.5 Å². The monoisotopic (exact) mass is 326 g/mol. The van der Waals surface area contributed by atoms with Crippen LogP contribution in [0.25, 0.3) is 11.3 Å². The van der Waals surface area contributed by atoms with Gasteiger partial charge in [-0.05, 0) is 19.1 Å². The van der Waals surface area contributed by atoms with E-state index in [1.165, 1.54) is 28.4 Å². The van der Waals surface area contributed by atoms with E-state index in [4.69, 9.17) is 0 Å². The van der Waals surface area contributed by atoms with E-state index in [9.17, 15) is 9.18 Å². The minimum atomic E-state index is -0.518. The van der Waals surface area contributed by atoms with Crippen LogP contribution in [-0.4, -0.2) is 17.4 Å². The normalized spacial score (nSPS) is 10.5. The molecule has 2 aromatic carbocycles. The first-order valence-electron chi connectivity index (χ1n) is 7.28. The number of rotatable bonds is 4. The highest BCUT2D eigenvalue weighted by Crippen LogP contribution is 2.28. The molecule has 23 heavy (non-hydrogen) atoms. The third-order valence-electron chi connectivity index (χ3n) is 3.46. The van der Waals surface area contributed by atoms with Crippen molar-refractivity contribution >= 4 is 22.4 Å². The number of amides is 1. The van der Waals surface area contributed by atoms with Crippen LogP contribution < -0.4 is 4.90 Å². The molecule has 3 nitrogen and oxygen atoms in total. The van der Waals surface area contributed by atoms with E-state index in [2.05, 4.69) is 4.98 Å². The second-order valence-corrected chi connectivity index (χ2v) is 5.75. The first kappa shape index (κ1) is 15.4. The number of benzene rings is 2. The fraction of sp³-hybridized carbons (Fsp3) is 0.111. The van der Waals surface area contributed by atoms with Gasteiger partial charge in [-0.25, -0.2) is 9.37 Å². The summed E-state index contributed by atoms with van der Waals surface area (Å²) in [4.78, 5) is 18.6. The Kier molecular flexibility index (Phi) is 4.48. The van der Waals surface area contributed by atoms with Crippen LogP contribution >= 0.6 is 11.3 Å². The van der Waals surface area contributed by atoms with Gasteiger partial charge < -0.3 is 0 Å². The molecule has 0 fully saturated rings. The van der Waals surface area contributed by atoms with Gasteiger partial charge in [-0.1, -0.05) is 42.5 Å². The summed E-state index contributed by atoms with van der Waals surface area (Å²) in [6.07, 6.45) is 0. The van der Waals surface area contributed by atoms with Crippen molar-refractivity contribution in [2.24, 2.45) is 0 Å². The van der Waals surface area contributed by atoms with Crippen LogP contribution in [0.15, 0.2) is 60.0 Å². The fourth-order valence-corrected chi connectivity index (χ4v) is 3.17. The molecule has 5 heteroatoms. The number of nitrogens with zero attached hydrogens (tertiary/aromatic N) is 2. The highest BCUT2D eigenvalue weighted by molar-refractivity contribution is 7.14. The SMILES string of the molecule is CCN(C(=O)c1ccccc1F)c1nc(-c2ccccc2)cs1. The van der Waals surface area contributed by atoms with Gasteiger partial charge in [0.2, 0.25) is 0 Å². The fourth-order valence-electron chi connectivity index (χ4n) is 2.28. The molecule has 0 aliphatic rings. The summed E-state index contributed by atoms with van der Waals surface area (Å²) in [6.45, 7) is 2.28. The van der Waals surface area contributed by atoms with Gasteiger partial charge in [0.15, 0.2) is 5.13 Å². The molecule has 0 atom stereocenters. The molecule has 3 aromatic rings. The second-order valence-electron chi connectivity index (χ2n) is 4.91. The van der Waals surface area contributed by atoms with Crippen molar-refractivity contribution in [3.05, 3.63) is 71.4 Å². The summed E-state index contributed by atoms with van der Waals surface area (Å²) in [5.74, 6) is -0.893. The molecule has 0 bridgehead atoms. The number of hydrogen-bond acceptors (Lipinski definition) is 3. The van der Waals surface area contributed by atoms with Gasteiger partial charge in [0.1, 0.15) is 5.82 Å². The molecular weight excluding hydrogens is 311 g/mol. The second kappa shape index (κ2) is 6.71. The Bertz CT molecular complexity index is 817. The van der Waals surface area contributed by atoms with Crippen molar-refractivity contribution in [3.8, 4) is 11.3 Å². The summed E-state index contributed by atoms with van der Waals surface area (Å²) in [7, 11) is 0. The Hall–Kier alpha value is -2.53. The average Bonchev–Trinajstić information content (AvgIpc) is 3.06. The van der Waals surface area contributed by atoms with Crippen LogP contribution in [0.5, 0.6) is 0 Å². The maximum Gasteiger partial charge on any atom is 0.263 e. The summed E-state index contributed by atoms with van der Waals surface area (Å²) >= 11 is 1.38. The molecule has 0 spiro atoms. The van der Waals surface area contributed by atoms with E-state index in [0.29, 0.717) is 11.7 Å². The Morgan fingerprint density at radius 3 is 2.52 bits per heavy atom. The van der Waals surface area contributed by atoms with Crippen LogP contribution in [0.2, 0.25) is 0 Å². The minimum absolute atomic E-state index is 0.0609. The van der Waals surface area contributed by atoms with Crippen LogP contribution in [0.3, 0.4) is 0 Å². The first-order valence-corrected chi connectivity index (χ1v) is 8.16. The van der Waals surface area contributed by atoms with Crippen molar-refractivity contribution in [2.75, 3.05) is 11.4 Å². The van der Waals surface area contributed by atoms with Gasteiger partial charge in [-0.15, -0.1) is 11.3 Å². The molecule has 1 aromatic heterocycles. The molecule has 0 saturated heterocycles. The standard InChI is InChI=1S/C18H15FN2OS/c1-2-21(17(22)14-10-6-7-11-15(14)19)18-20-16(12-23-18)13-8-4-3-5-9-13/h3-12H,2H2,1H3. The molecule has 116 valence electrons. The molecule has 1 amide bonds. The Labute approximate surface area is 138 Å². The van der Waals surface area contributed by atoms with Gasteiger partial charge in [-0.3, -0.25) is 9.69 Å². The Morgan fingerprint density at radius 2 is 1.83 bits per heavy atom. The van der Waals surface area contributed by atoms with Crippen molar-refractivity contribution in [3.63, 3.8) is 0 Å². The van der Waals surface area contributed by atoms with Gasteiger partial charge >= 0.3 is 0 Å². The lowest BCUT2D eigenvalue weighted by atomic mass is 10.2. The molecule has 1 heterocycles. The number of hydrogen-bond donors (Lipinski definition) is 0. The van der Waals surface area contributed by atoms with E-state index in [0.717, 1.165) is 11.3 Å². The van der Waals surface area contributed by atoms with Crippen molar-refractivity contribution in [2.45, 2.75) is 6.92 Å². The van der Waals surface area contributed by atoms with Gasteiger partial charge in [0.25, 0.3) is 5.91 Å². The van der Waals surface area contributed by atoms with Crippen LogP contribution in [0, 0.1) is 5.82 Å². The van der Waals surface area contributed by atoms with Crippen molar-refractivity contribution < 1.29 is 9.18 Å². The third kappa shape index (κ3) is 3.14. The predicted octanol–water partition coefficient (Wildman–Crippen LogP) is 4.62. The molecule has 0 unspecified atom stereocenters. The quantitative estimate of drug-likeness (QED) is 0.701. The molecular formula is C18H15FN2OS. The summed E-state index contributed by atoms with van der Waals surface area (Å²) < 4.78 is 13.9. The number of thiazole rings is 1. The maximum absolute atomic E-state index is 13.9. The highest BCUT2D eigenvalue weighted by Gasteiger charge is 2.21. The summed E-state index contributed by atoms with van der Waals surface area (Å²) in [5.41, 5.74) is 1.86. The topological polar surface area (TPSA) is 33.2 Å². The van der Waals surface area contributed by atoms with E-state index in [1.807, 2.05) is 42.6 Å². The smallest absolute Gasteiger partial charge is 0.263 e. The zero-order valence-corrected chi connectivity index (χ0v) is 13.4. The Morgan fingerprint density at radius 1 is 1.13 bits per heavy atom. The third-order valence-corrected chi connectivity index (χ3v) is 4.32. The number of anilines is 1. The van der Waals surface area contributed by atoms with E-state index in [-0.39, 0.29) is 11.5 Å². The molecule has 0 aliphatic heterocycles. The molecule has 0 N–H and O–H groups in total.